The molecule has 2 aliphatic rings. The van der Waals surface area contributed by atoms with E-state index in [-0.39, 0.29) is 0 Å². The third kappa shape index (κ3) is 1.87. The number of ketones is 1. The second kappa shape index (κ2) is 3.75. The number of aliphatic hydroxyl groups is 2. The van der Waals surface area contributed by atoms with Gasteiger partial charge in [0.2, 0.25) is 0 Å². The molecule has 2 aliphatic heterocycles. The van der Waals surface area contributed by atoms with Crippen molar-refractivity contribution in [1.29, 1.82) is 0 Å². The average Bonchev–Trinajstić information content (AvgIpc) is 2.60. The number of rotatable bonds is 2. The molecule has 0 aromatic heterocycles. The fraction of sp³-hybridized carbons (Fsp3) is 0.900. The molecule has 2 saturated heterocycles. The van der Waals surface area contributed by atoms with E-state index in [1.165, 1.54) is 6.92 Å². The van der Waals surface area contributed by atoms with Gasteiger partial charge in [0.25, 0.3) is 0 Å². The Morgan fingerprint density at radius 2 is 2.00 bits per heavy atom. The Bertz CT molecular complexity index is 302. The molecular weight excluding hydrogens is 216 g/mol. The van der Waals surface area contributed by atoms with Gasteiger partial charge in [-0.2, -0.15) is 0 Å². The summed E-state index contributed by atoms with van der Waals surface area (Å²) in [5, 5.41) is 19.4. The van der Waals surface area contributed by atoms with Gasteiger partial charge in [0.1, 0.15) is 24.4 Å². The van der Waals surface area contributed by atoms with Crippen molar-refractivity contribution in [1.82, 2.24) is 0 Å². The highest BCUT2D eigenvalue weighted by Crippen LogP contribution is 2.38. The van der Waals surface area contributed by atoms with Gasteiger partial charge in [0.15, 0.2) is 17.9 Å². The molecule has 0 amide bonds. The van der Waals surface area contributed by atoms with E-state index < -0.39 is 42.3 Å². The summed E-state index contributed by atoms with van der Waals surface area (Å²) in [4.78, 5) is 11.0. The lowest BCUT2D eigenvalue weighted by Gasteiger charge is -2.24. The van der Waals surface area contributed by atoms with E-state index in [0.29, 0.717) is 0 Å². The molecule has 6 nitrogen and oxygen atoms in total. The first-order valence-electron chi connectivity index (χ1n) is 5.19. The summed E-state index contributed by atoms with van der Waals surface area (Å²) in [6.07, 6.45) is -4.79. The zero-order valence-electron chi connectivity index (χ0n) is 9.41. The van der Waals surface area contributed by atoms with Crippen LogP contribution in [0, 0.1) is 0 Å². The standard InChI is InChI=1S/C10H16O6/c1-4(11)5(12)7-6(13)8-9(14-7)16-10(2,3)15-8/h5-9,12-13H,1-3H3/t5?,6-,7-,8-,9-/m1/s1. The Morgan fingerprint density at radius 3 is 2.50 bits per heavy atom. The third-order valence-corrected chi connectivity index (χ3v) is 2.78. The van der Waals surface area contributed by atoms with Gasteiger partial charge in [0, 0.05) is 0 Å². The second-order valence-electron chi connectivity index (χ2n) is 4.62. The molecule has 0 aromatic carbocycles. The first-order valence-corrected chi connectivity index (χ1v) is 5.19. The van der Waals surface area contributed by atoms with Crippen LogP contribution in [0.25, 0.3) is 0 Å². The van der Waals surface area contributed by atoms with Crippen LogP contribution in [-0.4, -0.2) is 52.5 Å². The van der Waals surface area contributed by atoms with Gasteiger partial charge >= 0.3 is 0 Å². The van der Waals surface area contributed by atoms with Gasteiger partial charge in [-0.25, -0.2) is 0 Å². The van der Waals surface area contributed by atoms with Crippen molar-refractivity contribution in [2.24, 2.45) is 0 Å². The van der Waals surface area contributed by atoms with Crippen molar-refractivity contribution in [3.05, 3.63) is 0 Å². The molecule has 92 valence electrons. The molecule has 2 N–H and O–H groups in total. The fourth-order valence-corrected chi connectivity index (χ4v) is 2.01. The SMILES string of the molecule is CC(=O)C(O)[C@H]1O[C@@H]2OC(C)(C)O[C@@H]2[C@@H]1O. The molecule has 1 unspecified atom stereocenters. The Labute approximate surface area is 93.1 Å². The third-order valence-electron chi connectivity index (χ3n) is 2.78. The Balaban J connectivity index is 2.08. The van der Waals surface area contributed by atoms with Crippen LogP contribution < -0.4 is 0 Å². The smallest absolute Gasteiger partial charge is 0.190 e. The number of hydrogen-bond donors (Lipinski definition) is 2. The predicted molar refractivity (Wildman–Crippen MR) is 51.4 cm³/mol. The summed E-state index contributed by atoms with van der Waals surface area (Å²) in [6, 6.07) is 0. The zero-order valence-corrected chi connectivity index (χ0v) is 9.41. The Hall–Kier alpha value is -0.530. The molecule has 0 saturated carbocycles. The van der Waals surface area contributed by atoms with Crippen LogP contribution in [0.2, 0.25) is 0 Å². The minimum atomic E-state index is -1.35. The summed E-state index contributed by atoms with van der Waals surface area (Å²) in [5.74, 6) is -1.27. The van der Waals surface area contributed by atoms with Crippen LogP contribution in [0.15, 0.2) is 0 Å². The maximum absolute atomic E-state index is 11.0. The highest BCUT2D eigenvalue weighted by atomic mass is 16.8. The zero-order chi connectivity index (χ0) is 12.1. The molecule has 0 aromatic rings. The van der Waals surface area contributed by atoms with Crippen molar-refractivity contribution < 1.29 is 29.2 Å². The quantitative estimate of drug-likeness (QED) is 0.646. The number of aliphatic hydroxyl groups excluding tert-OH is 2. The molecule has 0 radical (unpaired) electrons. The van der Waals surface area contributed by atoms with E-state index in [2.05, 4.69) is 0 Å². The number of carbonyl (C=O) groups excluding carboxylic acids is 1. The minimum absolute atomic E-state index is 0.455. The second-order valence-corrected chi connectivity index (χ2v) is 4.62. The van der Waals surface area contributed by atoms with Gasteiger partial charge in [-0.05, 0) is 20.8 Å². The highest BCUT2D eigenvalue weighted by molar-refractivity contribution is 5.80. The van der Waals surface area contributed by atoms with Crippen LogP contribution in [0.5, 0.6) is 0 Å². The van der Waals surface area contributed by atoms with E-state index in [1.54, 1.807) is 13.8 Å². The maximum atomic E-state index is 11.0. The van der Waals surface area contributed by atoms with Crippen LogP contribution in [0.4, 0.5) is 0 Å². The van der Waals surface area contributed by atoms with Crippen LogP contribution in [0.3, 0.4) is 0 Å². The number of fused-ring (bicyclic) bond motifs is 1. The molecule has 0 aliphatic carbocycles. The largest absolute Gasteiger partial charge is 0.387 e. The summed E-state index contributed by atoms with van der Waals surface area (Å²) < 4.78 is 16.1. The van der Waals surface area contributed by atoms with Crippen molar-refractivity contribution in [2.75, 3.05) is 0 Å². The summed E-state index contributed by atoms with van der Waals surface area (Å²) in [7, 11) is 0. The molecule has 6 heteroatoms. The normalized spacial score (nSPS) is 43.1. The van der Waals surface area contributed by atoms with Gasteiger partial charge in [-0.15, -0.1) is 0 Å². The van der Waals surface area contributed by atoms with Crippen molar-refractivity contribution in [2.45, 2.75) is 57.3 Å². The Morgan fingerprint density at radius 1 is 1.38 bits per heavy atom. The van der Waals surface area contributed by atoms with E-state index in [1.807, 2.05) is 0 Å². The summed E-state index contributed by atoms with van der Waals surface area (Å²) in [6.45, 7) is 4.65. The monoisotopic (exact) mass is 232 g/mol. The van der Waals surface area contributed by atoms with Crippen molar-refractivity contribution >= 4 is 5.78 Å². The number of carbonyl (C=O) groups is 1. The average molecular weight is 232 g/mol. The Kier molecular flexibility index (Phi) is 2.80. The van der Waals surface area contributed by atoms with Gasteiger partial charge < -0.3 is 24.4 Å². The molecule has 16 heavy (non-hydrogen) atoms. The number of hydrogen-bond acceptors (Lipinski definition) is 6. The maximum Gasteiger partial charge on any atom is 0.190 e. The van der Waals surface area contributed by atoms with Crippen molar-refractivity contribution in [3.8, 4) is 0 Å². The van der Waals surface area contributed by atoms with Crippen LogP contribution in [0.1, 0.15) is 20.8 Å². The number of Topliss-reactive ketones (excluding diaryl/α,β-unsaturated/α-hetero) is 1. The van der Waals surface area contributed by atoms with E-state index in [9.17, 15) is 15.0 Å². The van der Waals surface area contributed by atoms with Gasteiger partial charge in [-0.3, -0.25) is 4.79 Å². The molecule has 2 heterocycles. The van der Waals surface area contributed by atoms with Crippen LogP contribution >= 0.6 is 0 Å². The summed E-state index contributed by atoms with van der Waals surface area (Å²) in [5.41, 5.74) is 0. The molecule has 5 atom stereocenters. The number of ether oxygens (including phenoxy) is 3. The fourth-order valence-electron chi connectivity index (χ4n) is 2.01. The van der Waals surface area contributed by atoms with Crippen molar-refractivity contribution in [3.63, 3.8) is 0 Å². The topological polar surface area (TPSA) is 85.2 Å². The van der Waals surface area contributed by atoms with Crippen LogP contribution in [-0.2, 0) is 19.0 Å². The predicted octanol–water partition coefficient (Wildman–Crippen LogP) is -0.826. The van der Waals surface area contributed by atoms with Gasteiger partial charge in [-0.1, -0.05) is 0 Å². The lowest BCUT2D eigenvalue weighted by atomic mass is 10.0. The van der Waals surface area contributed by atoms with E-state index >= 15 is 0 Å². The first kappa shape index (κ1) is 11.9. The van der Waals surface area contributed by atoms with Gasteiger partial charge in [0.05, 0.1) is 0 Å². The minimum Gasteiger partial charge on any atom is -0.387 e. The molecule has 0 spiro atoms. The molecule has 2 fully saturated rings. The lowest BCUT2D eigenvalue weighted by Crippen LogP contribution is -2.43. The van der Waals surface area contributed by atoms with E-state index in [4.69, 9.17) is 14.2 Å². The van der Waals surface area contributed by atoms with E-state index in [0.717, 1.165) is 0 Å². The first-order chi connectivity index (χ1) is 7.32. The molecule has 2 rings (SSSR count). The molecular formula is C10H16O6. The lowest BCUT2D eigenvalue weighted by molar-refractivity contribution is -0.224. The summed E-state index contributed by atoms with van der Waals surface area (Å²) >= 11 is 0. The molecule has 0 bridgehead atoms. The highest BCUT2D eigenvalue weighted by Gasteiger charge is 2.56.